The van der Waals surface area contributed by atoms with Crippen molar-refractivity contribution in [2.45, 2.75) is 6.92 Å². The van der Waals surface area contributed by atoms with Crippen LogP contribution in [0.3, 0.4) is 0 Å². The van der Waals surface area contributed by atoms with Gasteiger partial charge in [0.15, 0.2) is 0 Å². The first-order valence-electron chi connectivity index (χ1n) is 4.76. The average molecular weight is 235 g/mol. The highest BCUT2D eigenvalue weighted by molar-refractivity contribution is 7.08. The van der Waals surface area contributed by atoms with Gasteiger partial charge in [-0.05, 0) is 36.1 Å². The quantitative estimate of drug-likeness (QED) is 0.848. The topological polar surface area (TPSA) is 29.1 Å². The van der Waals surface area contributed by atoms with Crippen molar-refractivity contribution in [2.24, 2.45) is 0 Å². The van der Waals surface area contributed by atoms with E-state index >= 15 is 0 Å². The van der Waals surface area contributed by atoms with Gasteiger partial charge < -0.3 is 5.32 Å². The Balaban J connectivity index is 2.21. The number of aryl methyl sites for hydroxylation is 1. The Kier molecular flexibility index (Phi) is 3.01. The smallest absolute Gasteiger partial charge is 0.256 e. The molecule has 0 unspecified atom stereocenters. The molecule has 0 aliphatic carbocycles. The molecule has 2 rings (SSSR count). The molecule has 0 saturated heterocycles. The summed E-state index contributed by atoms with van der Waals surface area (Å²) < 4.78 is 13.0. The summed E-state index contributed by atoms with van der Waals surface area (Å²) in [6, 6.07) is 6.06. The summed E-state index contributed by atoms with van der Waals surface area (Å²) in [5.41, 5.74) is 1.94. The second kappa shape index (κ2) is 4.45. The molecule has 16 heavy (non-hydrogen) atoms. The normalized spacial score (nSPS) is 10.1. The van der Waals surface area contributed by atoms with Gasteiger partial charge in [0.05, 0.1) is 5.56 Å². The van der Waals surface area contributed by atoms with Crippen LogP contribution in [0.5, 0.6) is 0 Å². The summed E-state index contributed by atoms with van der Waals surface area (Å²) in [6.07, 6.45) is 0. The maximum atomic E-state index is 13.0. The lowest BCUT2D eigenvalue weighted by Gasteiger charge is -2.07. The summed E-state index contributed by atoms with van der Waals surface area (Å²) >= 11 is 1.45. The van der Waals surface area contributed by atoms with Gasteiger partial charge in [0.1, 0.15) is 5.82 Å². The van der Waals surface area contributed by atoms with Crippen LogP contribution >= 0.6 is 11.3 Å². The van der Waals surface area contributed by atoms with Crippen molar-refractivity contribution in [2.75, 3.05) is 5.32 Å². The molecule has 0 spiro atoms. The van der Waals surface area contributed by atoms with Gasteiger partial charge in [-0.2, -0.15) is 11.3 Å². The minimum absolute atomic E-state index is 0.213. The van der Waals surface area contributed by atoms with Crippen molar-refractivity contribution in [1.29, 1.82) is 0 Å². The fourth-order valence-electron chi connectivity index (χ4n) is 1.32. The fourth-order valence-corrected chi connectivity index (χ4v) is 1.95. The minimum Gasteiger partial charge on any atom is -0.322 e. The summed E-state index contributed by atoms with van der Waals surface area (Å²) in [5, 5.41) is 6.26. The minimum atomic E-state index is -0.355. The van der Waals surface area contributed by atoms with Gasteiger partial charge in [-0.25, -0.2) is 4.39 Å². The molecule has 2 nitrogen and oxygen atoms in total. The van der Waals surface area contributed by atoms with Crippen LogP contribution in [0.4, 0.5) is 10.1 Å². The number of hydrogen-bond donors (Lipinski definition) is 1. The van der Waals surface area contributed by atoms with Crippen molar-refractivity contribution in [3.63, 3.8) is 0 Å². The van der Waals surface area contributed by atoms with Gasteiger partial charge in [-0.15, -0.1) is 0 Å². The van der Waals surface area contributed by atoms with E-state index in [1.54, 1.807) is 17.5 Å². The molecule has 0 saturated carbocycles. The zero-order valence-electron chi connectivity index (χ0n) is 8.66. The van der Waals surface area contributed by atoms with Crippen LogP contribution in [0.15, 0.2) is 35.0 Å². The van der Waals surface area contributed by atoms with Crippen LogP contribution in [0.1, 0.15) is 15.9 Å². The number of carbonyl (C=O) groups excluding carboxylic acids is 1. The highest BCUT2D eigenvalue weighted by Crippen LogP contribution is 2.17. The Morgan fingerprint density at radius 3 is 2.88 bits per heavy atom. The van der Waals surface area contributed by atoms with Crippen molar-refractivity contribution in [3.05, 3.63) is 52.0 Å². The molecule has 0 radical (unpaired) electrons. The molecule has 1 amide bonds. The molecule has 4 heteroatoms. The number of anilines is 1. The van der Waals surface area contributed by atoms with E-state index in [-0.39, 0.29) is 11.7 Å². The highest BCUT2D eigenvalue weighted by atomic mass is 32.1. The van der Waals surface area contributed by atoms with Crippen LogP contribution in [0, 0.1) is 12.7 Å². The number of hydrogen-bond acceptors (Lipinski definition) is 2. The number of halogens is 1. The van der Waals surface area contributed by atoms with E-state index in [0.717, 1.165) is 5.56 Å². The molecular weight excluding hydrogens is 225 g/mol. The fraction of sp³-hybridized carbons (Fsp3) is 0.0833. The van der Waals surface area contributed by atoms with Crippen molar-refractivity contribution in [1.82, 2.24) is 0 Å². The summed E-state index contributed by atoms with van der Waals surface area (Å²) in [6.45, 7) is 1.82. The summed E-state index contributed by atoms with van der Waals surface area (Å²) in [5.74, 6) is -0.568. The van der Waals surface area contributed by atoms with Gasteiger partial charge in [0, 0.05) is 11.1 Å². The lowest BCUT2D eigenvalue weighted by atomic mass is 10.2. The van der Waals surface area contributed by atoms with E-state index in [2.05, 4.69) is 5.32 Å². The molecule has 1 aromatic heterocycles. The molecule has 0 aliphatic heterocycles. The molecule has 1 aromatic carbocycles. The molecule has 1 heterocycles. The van der Waals surface area contributed by atoms with Crippen LogP contribution in [-0.4, -0.2) is 5.91 Å². The number of rotatable bonds is 2. The number of nitrogens with one attached hydrogen (secondary N) is 1. The predicted octanol–water partition coefficient (Wildman–Crippen LogP) is 3.45. The monoisotopic (exact) mass is 235 g/mol. The predicted molar refractivity (Wildman–Crippen MR) is 63.4 cm³/mol. The van der Waals surface area contributed by atoms with E-state index < -0.39 is 0 Å². The third-order valence-corrected chi connectivity index (χ3v) is 2.91. The maximum absolute atomic E-state index is 13.0. The molecule has 0 fully saturated rings. The Hall–Kier alpha value is -1.68. The number of thiophene rings is 1. The molecule has 82 valence electrons. The summed E-state index contributed by atoms with van der Waals surface area (Å²) in [7, 11) is 0. The molecule has 0 bridgehead atoms. The lowest BCUT2D eigenvalue weighted by molar-refractivity contribution is 0.102. The first-order chi connectivity index (χ1) is 7.66. The zero-order chi connectivity index (χ0) is 11.5. The molecular formula is C12H10FNOS. The van der Waals surface area contributed by atoms with Gasteiger partial charge in [-0.3, -0.25) is 4.79 Å². The molecule has 1 N–H and O–H groups in total. The van der Waals surface area contributed by atoms with E-state index in [9.17, 15) is 9.18 Å². The van der Waals surface area contributed by atoms with Gasteiger partial charge >= 0.3 is 0 Å². The molecule has 0 aliphatic rings. The Morgan fingerprint density at radius 2 is 2.19 bits per heavy atom. The van der Waals surface area contributed by atoms with Crippen molar-refractivity contribution in [3.8, 4) is 0 Å². The zero-order valence-corrected chi connectivity index (χ0v) is 9.48. The third kappa shape index (κ3) is 2.28. The second-order valence-electron chi connectivity index (χ2n) is 3.43. The van der Waals surface area contributed by atoms with Crippen LogP contribution < -0.4 is 5.32 Å². The number of carbonyl (C=O) groups is 1. The first-order valence-corrected chi connectivity index (χ1v) is 5.71. The lowest BCUT2D eigenvalue weighted by Crippen LogP contribution is -2.11. The average Bonchev–Trinajstić information content (AvgIpc) is 2.76. The van der Waals surface area contributed by atoms with E-state index in [1.165, 1.54) is 23.5 Å². The molecule has 0 atom stereocenters. The van der Waals surface area contributed by atoms with E-state index in [1.807, 2.05) is 12.3 Å². The third-order valence-electron chi connectivity index (χ3n) is 2.23. The van der Waals surface area contributed by atoms with E-state index in [4.69, 9.17) is 0 Å². The second-order valence-corrected chi connectivity index (χ2v) is 4.21. The van der Waals surface area contributed by atoms with E-state index in [0.29, 0.717) is 11.3 Å². The van der Waals surface area contributed by atoms with Gasteiger partial charge in [0.2, 0.25) is 0 Å². The van der Waals surface area contributed by atoms with Crippen LogP contribution in [0.2, 0.25) is 0 Å². The maximum Gasteiger partial charge on any atom is 0.256 e. The van der Waals surface area contributed by atoms with Gasteiger partial charge in [0.25, 0.3) is 5.91 Å². The Bertz CT molecular complexity index is 508. The SMILES string of the molecule is Cc1ccc(F)cc1NC(=O)c1ccsc1. The van der Waals surface area contributed by atoms with Crippen molar-refractivity contribution >= 4 is 22.9 Å². The highest BCUT2D eigenvalue weighted by Gasteiger charge is 2.08. The first kappa shape index (κ1) is 10.8. The largest absolute Gasteiger partial charge is 0.322 e. The van der Waals surface area contributed by atoms with Crippen LogP contribution in [0.25, 0.3) is 0 Å². The molecule has 2 aromatic rings. The Morgan fingerprint density at radius 1 is 1.38 bits per heavy atom. The van der Waals surface area contributed by atoms with Crippen LogP contribution in [-0.2, 0) is 0 Å². The summed E-state index contributed by atoms with van der Waals surface area (Å²) in [4.78, 5) is 11.7. The standard InChI is InChI=1S/C12H10FNOS/c1-8-2-3-10(13)6-11(8)14-12(15)9-4-5-16-7-9/h2-7H,1H3,(H,14,15). The number of amides is 1. The number of benzene rings is 1. The van der Waals surface area contributed by atoms with Crippen molar-refractivity contribution < 1.29 is 9.18 Å². The Labute approximate surface area is 96.7 Å². The van der Waals surface area contributed by atoms with Gasteiger partial charge in [-0.1, -0.05) is 6.07 Å².